The van der Waals surface area contributed by atoms with Crippen molar-refractivity contribution in [3.05, 3.63) is 70.8 Å². The number of esters is 1. The second-order valence-corrected chi connectivity index (χ2v) is 4.98. The molecule has 5 nitrogen and oxygen atoms in total. The van der Waals surface area contributed by atoms with Crippen LogP contribution in [0.3, 0.4) is 0 Å². The molecule has 0 aliphatic rings. The second kappa shape index (κ2) is 5.81. The largest absolute Gasteiger partial charge is 0.425 e. The van der Waals surface area contributed by atoms with E-state index in [9.17, 15) is 9.59 Å². The second-order valence-electron chi connectivity index (χ2n) is 4.98. The van der Waals surface area contributed by atoms with Crippen molar-refractivity contribution in [3.8, 4) is 5.75 Å². The lowest BCUT2D eigenvalue weighted by Crippen LogP contribution is -2.26. The van der Waals surface area contributed by atoms with Gasteiger partial charge in [0.25, 0.3) is 5.56 Å². The Kier molecular flexibility index (Phi) is 3.70. The van der Waals surface area contributed by atoms with Gasteiger partial charge < -0.3 is 4.74 Å². The number of hydrogen-bond donors (Lipinski definition) is 0. The number of aryl methyl sites for hydroxylation is 1. The number of rotatable bonds is 3. The van der Waals surface area contributed by atoms with Crippen LogP contribution in [-0.2, 0) is 11.3 Å². The molecule has 0 spiro atoms. The third kappa shape index (κ3) is 2.88. The minimum absolute atomic E-state index is 0.176. The van der Waals surface area contributed by atoms with Gasteiger partial charge >= 0.3 is 5.97 Å². The number of para-hydroxylation sites is 1. The zero-order chi connectivity index (χ0) is 15.5. The van der Waals surface area contributed by atoms with E-state index in [0.717, 1.165) is 5.56 Å². The van der Waals surface area contributed by atoms with Crippen LogP contribution in [0.15, 0.2) is 59.7 Å². The minimum atomic E-state index is -0.511. The molecule has 0 amide bonds. The number of carbonyl (C=O) groups is 1. The summed E-state index contributed by atoms with van der Waals surface area (Å²) in [5, 5.41) is 0.480. The van der Waals surface area contributed by atoms with E-state index in [0.29, 0.717) is 16.7 Å². The molecule has 0 saturated heterocycles. The summed E-state index contributed by atoms with van der Waals surface area (Å²) in [4.78, 5) is 28.4. The van der Waals surface area contributed by atoms with Crippen LogP contribution in [0, 0.1) is 6.92 Å². The third-order valence-corrected chi connectivity index (χ3v) is 3.28. The van der Waals surface area contributed by atoms with Gasteiger partial charge in [0.05, 0.1) is 17.2 Å². The highest BCUT2D eigenvalue weighted by Crippen LogP contribution is 2.12. The van der Waals surface area contributed by atoms with E-state index in [1.807, 2.05) is 25.1 Å². The smallest absolute Gasteiger partial charge is 0.331 e. The lowest BCUT2D eigenvalue weighted by atomic mass is 10.2. The van der Waals surface area contributed by atoms with E-state index in [1.54, 1.807) is 30.3 Å². The van der Waals surface area contributed by atoms with Gasteiger partial charge in [0.15, 0.2) is 0 Å². The number of carbonyl (C=O) groups excluding carboxylic acids is 1. The highest BCUT2D eigenvalue weighted by Gasteiger charge is 2.09. The number of aromatic nitrogens is 2. The highest BCUT2D eigenvalue weighted by atomic mass is 16.5. The van der Waals surface area contributed by atoms with Crippen molar-refractivity contribution in [1.29, 1.82) is 0 Å². The first-order valence-electron chi connectivity index (χ1n) is 6.85. The number of hydrogen-bond acceptors (Lipinski definition) is 4. The van der Waals surface area contributed by atoms with E-state index in [2.05, 4.69) is 4.98 Å². The van der Waals surface area contributed by atoms with Crippen LogP contribution < -0.4 is 10.3 Å². The monoisotopic (exact) mass is 294 g/mol. The zero-order valence-corrected chi connectivity index (χ0v) is 12.0. The molecule has 0 radical (unpaired) electrons. The van der Waals surface area contributed by atoms with E-state index in [1.165, 1.54) is 10.9 Å². The maximum absolute atomic E-state index is 12.3. The van der Waals surface area contributed by atoms with Gasteiger partial charge in [-0.15, -0.1) is 0 Å². The Morgan fingerprint density at radius 2 is 1.86 bits per heavy atom. The van der Waals surface area contributed by atoms with Gasteiger partial charge in [0.1, 0.15) is 12.3 Å². The van der Waals surface area contributed by atoms with Crippen molar-refractivity contribution in [3.63, 3.8) is 0 Å². The predicted octanol–water partition coefficient (Wildman–Crippen LogP) is 2.31. The van der Waals surface area contributed by atoms with Crippen LogP contribution in [0.5, 0.6) is 5.75 Å². The Hall–Kier alpha value is -2.95. The van der Waals surface area contributed by atoms with Gasteiger partial charge in [-0.2, -0.15) is 0 Å². The van der Waals surface area contributed by atoms with Gasteiger partial charge in [0, 0.05) is 0 Å². The Bertz CT molecular complexity index is 882. The van der Waals surface area contributed by atoms with Gasteiger partial charge in [-0.1, -0.05) is 29.8 Å². The molecule has 0 unspecified atom stereocenters. The lowest BCUT2D eigenvalue weighted by molar-refractivity contribution is -0.135. The quantitative estimate of drug-likeness (QED) is 0.549. The molecule has 1 aromatic heterocycles. The summed E-state index contributed by atoms with van der Waals surface area (Å²) < 4.78 is 6.46. The predicted molar refractivity (Wildman–Crippen MR) is 82.8 cm³/mol. The van der Waals surface area contributed by atoms with Gasteiger partial charge in [-0.3, -0.25) is 9.36 Å². The number of ether oxygens (including phenoxy) is 1. The lowest BCUT2D eigenvalue weighted by Gasteiger charge is -2.07. The molecule has 0 bridgehead atoms. The van der Waals surface area contributed by atoms with Gasteiger partial charge in [0.2, 0.25) is 0 Å². The molecule has 0 aliphatic carbocycles. The van der Waals surface area contributed by atoms with Crippen LogP contribution >= 0.6 is 0 Å². The molecule has 22 heavy (non-hydrogen) atoms. The average Bonchev–Trinajstić information content (AvgIpc) is 2.53. The summed E-state index contributed by atoms with van der Waals surface area (Å²) in [5.41, 5.74) is 1.43. The molecular formula is C17H14N2O3. The van der Waals surface area contributed by atoms with Crippen LogP contribution in [-0.4, -0.2) is 15.5 Å². The molecule has 0 atom stereocenters. The summed E-state index contributed by atoms with van der Waals surface area (Å²) in [6.07, 6.45) is 1.36. The van der Waals surface area contributed by atoms with Crippen molar-refractivity contribution in [2.75, 3.05) is 0 Å². The van der Waals surface area contributed by atoms with Crippen LogP contribution in [0.1, 0.15) is 5.56 Å². The zero-order valence-electron chi connectivity index (χ0n) is 12.0. The van der Waals surface area contributed by atoms with E-state index < -0.39 is 5.97 Å². The molecule has 5 heteroatoms. The maximum atomic E-state index is 12.3. The van der Waals surface area contributed by atoms with Crippen molar-refractivity contribution < 1.29 is 9.53 Å². The molecule has 110 valence electrons. The van der Waals surface area contributed by atoms with E-state index >= 15 is 0 Å². The van der Waals surface area contributed by atoms with Crippen molar-refractivity contribution in [1.82, 2.24) is 9.55 Å². The minimum Gasteiger partial charge on any atom is -0.425 e. The summed E-state index contributed by atoms with van der Waals surface area (Å²) in [6.45, 7) is 1.77. The number of nitrogens with zero attached hydrogens (tertiary/aromatic N) is 2. The Morgan fingerprint density at radius 3 is 2.64 bits per heavy atom. The Labute approximate surface area is 126 Å². The normalized spacial score (nSPS) is 10.6. The fraction of sp³-hybridized carbons (Fsp3) is 0.118. The Morgan fingerprint density at radius 1 is 1.14 bits per heavy atom. The first-order valence-corrected chi connectivity index (χ1v) is 6.85. The maximum Gasteiger partial charge on any atom is 0.331 e. The van der Waals surface area contributed by atoms with E-state index in [4.69, 9.17) is 4.74 Å². The summed E-state index contributed by atoms with van der Waals surface area (Å²) in [6, 6.07) is 14.2. The van der Waals surface area contributed by atoms with Crippen molar-refractivity contribution >= 4 is 16.9 Å². The summed E-state index contributed by atoms with van der Waals surface area (Å²) >= 11 is 0. The molecule has 3 rings (SSSR count). The molecule has 0 fully saturated rings. The average molecular weight is 294 g/mol. The van der Waals surface area contributed by atoms with Crippen LogP contribution in [0.4, 0.5) is 0 Å². The van der Waals surface area contributed by atoms with Crippen LogP contribution in [0.2, 0.25) is 0 Å². The van der Waals surface area contributed by atoms with Crippen LogP contribution in [0.25, 0.3) is 10.9 Å². The molecular weight excluding hydrogens is 280 g/mol. The molecule has 3 aromatic rings. The topological polar surface area (TPSA) is 61.2 Å². The molecule has 0 aliphatic heterocycles. The molecule has 0 N–H and O–H groups in total. The summed E-state index contributed by atoms with van der Waals surface area (Å²) in [7, 11) is 0. The molecule has 0 saturated carbocycles. The third-order valence-electron chi connectivity index (χ3n) is 3.28. The number of benzene rings is 2. The van der Waals surface area contributed by atoms with Gasteiger partial charge in [-0.05, 0) is 31.2 Å². The first kappa shape index (κ1) is 14.0. The molecule has 2 aromatic carbocycles. The van der Waals surface area contributed by atoms with Crippen molar-refractivity contribution in [2.45, 2.75) is 13.5 Å². The SMILES string of the molecule is Cc1ccc(OC(=O)Cn2cnc3ccccc3c2=O)cc1. The highest BCUT2D eigenvalue weighted by molar-refractivity contribution is 5.77. The Balaban J connectivity index is 1.81. The standard InChI is InChI=1S/C17H14N2O3/c1-12-6-8-13(9-7-12)22-16(20)10-19-11-18-15-5-3-2-4-14(15)17(19)21/h2-9,11H,10H2,1H3. The first-order chi connectivity index (χ1) is 10.6. The number of fused-ring (bicyclic) bond motifs is 1. The fourth-order valence-corrected chi connectivity index (χ4v) is 2.13. The van der Waals surface area contributed by atoms with Gasteiger partial charge in [-0.25, -0.2) is 9.78 Å². The molecule has 1 heterocycles. The van der Waals surface area contributed by atoms with E-state index in [-0.39, 0.29) is 12.1 Å². The van der Waals surface area contributed by atoms with Crippen molar-refractivity contribution in [2.24, 2.45) is 0 Å². The summed E-state index contributed by atoms with van der Waals surface area (Å²) in [5.74, 6) is -0.0552. The fourth-order valence-electron chi connectivity index (χ4n) is 2.13.